The van der Waals surface area contributed by atoms with E-state index in [0.717, 1.165) is 11.3 Å². The predicted molar refractivity (Wildman–Crippen MR) is 67.5 cm³/mol. The second-order valence-corrected chi connectivity index (χ2v) is 4.08. The van der Waals surface area contributed by atoms with Crippen molar-refractivity contribution in [2.45, 2.75) is 13.3 Å². The van der Waals surface area contributed by atoms with E-state index in [1.165, 1.54) is 6.07 Å². The smallest absolute Gasteiger partial charge is 0.251 e. The van der Waals surface area contributed by atoms with E-state index >= 15 is 0 Å². The van der Waals surface area contributed by atoms with E-state index < -0.39 is 0 Å². The van der Waals surface area contributed by atoms with Gasteiger partial charge in [-0.15, -0.1) is 0 Å². The molecule has 0 aliphatic heterocycles. The van der Waals surface area contributed by atoms with E-state index in [1.54, 1.807) is 31.6 Å². The van der Waals surface area contributed by atoms with Gasteiger partial charge in [0.15, 0.2) is 0 Å². The summed E-state index contributed by atoms with van der Waals surface area (Å²) < 4.78 is 0. The Balaban J connectivity index is 1.91. The molecule has 5 heteroatoms. The van der Waals surface area contributed by atoms with Gasteiger partial charge >= 0.3 is 0 Å². The number of nitrogens with one attached hydrogen (secondary N) is 2. The lowest BCUT2D eigenvalue weighted by Crippen LogP contribution is -2.26. The summed E-state index contributed by atoms with van der Waals surface area (Å²) in [6.07, 6.45) is 4.06. The zero-order chi connectivity index (χ0) is 13.0. The standard InChI is InChI=1S/C13H15N3O2/c1-9-6-11(17)2-3-12(9)13(18)15-5-4-10-7-14-8-16-10/h2-3,6-8,17H,4-5H2,1H3,(H,14,16)(H,15,18). The lowest BCUT2D eigenvalue weighted by atomic mass is 10.1. The first kappa shape index (κ1) is 12.2. The van der Waals surface area contributed by atoms with Gasteiger partial charge < -0.3 is 15.4 Å². The topological polar surface area (TPSA) is 78.0 Å². The number of phenolic OH excluding ortho intramolecular Hbond substituents is 1. The van der Waals surface area contributed by atoms with Crippen molar-refractivity contribution < 1.29 is 9.90 Å². The summed E-state index contributed by atoms with van der Waals surface area (Å²) in [5.74, 6) is 0.0357. The van der Waals surface area contributed by atoms with Crippen LogP contribution >= 0.6 is 0 Å². The SMILES string of the molecule is Cc1cc(O)ccc1C(=O)NCCc1cnc[nH]1. The fourth-order valence-electron chi connectivity index (χ4n) is 1.73. The number of aryl methyl sites for hydroxylation is 1. The van der Waals surface area contributed by atoms with Crippen LogP contribution in [0, 0.1) is 6.92 Å². The number of carbonyl (C=O) groups is 1. The van der Waals surface area contributed by atoms with Gasteiger partial charge in [-0.05, 0) is 30.7 Å². The van der Waals surface area contributed by atoms with Crippen LogP contribution in [-0.2, 0) is 6.42 Å². The van der Waals surface area contributed by atoms with E-state index in [4.69, 9.17) is 0 Å². The number of carbonyl (C=O) groups excluding carboxylic acids is 1. The molecule has 0 aliphatic rings. The second-order valence-electron chi connectivity index (χ2n) is 4.08. The average molecular weight is 245 g/mol. The first-order valence-corrected chi connectivity index (χ1v) is 5.72. The van der Waals surface area contributed by atoms with E-state index in [1.807, 2.05) is 0 Å². The highest BCUT2D eigenvalue weighted by molar-refractivity contribution is 5.95. The molecule has 1 aromatic carbocycles. The zero-order valence-corrected chi connectivity index (χ0v) is 10.1. The van der Waals surface area contributed by atoms with Crippen LogP contribution in [0.3, 0.4) is 0 Å². The molecule has 0 spiro atoms. The number of H-pyrrole nitrogens is 1. The molecular formula is C13H15N3O2. The van der Waals surface area contributed by atoms with Crippen LogP contribution in [0.1, 0.15) is 21.6 Å². The quantitative estimate of drug-likeness (QED) is 0.761. The average Bonchev–Trinajstić information content (AvgIpc) is 2.81. The molecule has 0 fully saturated rings. The number of hydrogen-bond donors (Lipinski definition) is 3. The van der Waals surface area contributed by atoms with Crippen molar-refractivity contribution >= 4 is 5.91 Å². The van der Waals surface area contributed by atoms with Crippen LogP contribution in [0.15, 0.2) is 30.7 Å². The Labute approximate surface area is 105 Å². The van der Waals surface area contributed by atoms with Gasteiger partial charge in [0, 0.05) is 30.4 Å². The van der Waals surface area contributed by atoms with Crippen LogP contribution in [0.2, 0.25) is 0 Å². The predicted octanol–water partition coefficient (Wildman–Crippen LogP) is 1.40. The summed E-state index contributed by atoms with van der Waals surface area (Å²) in [5.41, 5.74) is 2.32. The summed E-state index contributed by atoms with van der Waals surface area (Å²) in [6, 6.07) is 4.71. The maximum atomic E-state index is 11.9. The fourth-order valence-corrected chi connectivity index (χ4v) is 1.73. The largest absolute Gasteiger partial charge is 0.508 e. The van der Waals surface area contributed by atoms with Crippen molar-refractivity contribution in [2.75, 3.05) is 6.54 Å². The number of benzene rings is 1. The third-order valence-electron chi connectivity index (χ3n) is 2.69. The highest BCUT2D eigenvalue weighted by Crippen LogP contribution is 2.15. The van der Waals surface area contributed by atoms with Crippen LogP contribution in [0.5, 0.6) is 5.75 Å². The molecule has 1 aromatic heterocycles. The fraction of sp³-hybridized carbons (Fsp3) is 0.231. The minimum Gasteiger partial charge on any atom is -0.508 e. The minimum absolute atomic E-state index is 0.132. The first-order chi connectivity index (χ1) is 8.66. The minimum atomic E-state index is -0.132. The third-order valence-corrected chi connectivity index (χ3v) is 2.69. The molecule has 1 amide bonds. The van der Waals surface area contributed by atoms with Gasteiger partial charge in [-0.25, -0.2) is 4.98 Å². The van der Waals surface area contributed by atoms with E-state index in [-0.39, 0.29) is 11.7 Å². The highest BCUT2D eigenvalue weighted by Gasteiger charge is 2.08. The summed E-state index contributed by atoms with van der Waals surface area (Å²) in [6.45, 7) is 2.34. The number of hydrogen-bond acceptors (Lipinski definition) is 3. The number of phenols is 1. The number of imidazole rings is 1. The van der Waals surface area contributed by atoms with Crippen molar-refractivity contribution in [2.24, 2.45) is 0 Å². The lowest BCUT2D eigenvalue weighted by Gasteiger charge is -2.07. The van der Waals surface area contributed by atoms with Crippen LogP contribution < -0.4 is 5.32 Å². The van der Waals surface area contributed by atoms with Gasteiger partial charge in [-0.3, -0.25) is 4.79 Å². The molecule has 18 heavy (non-hydrogen) atoms. The van der Waals surface area contributed by atoms with Gasteiger partial charge in [0.1, 0.15) is 5.75 Å². The number of nitrogens with zero attached hydrogens (tertiary/aromatic N) is 1. The van der Waals surface area contributed by atoms with Crippen LogP contribution in [0.4, 0.5) is 0 Å². The number of amides is 1. The monoisotopic (exact) mass is 245 g/mol. The summed E-state index contributed by atoms with van der Waals surface area (Å²) in [4.78, 5) is 18.8. The maximum Gasteiger partial charge on any atom is 0.251 e. The van der Waals surface area contributed by atoms with Crippen molar-refractivity contribution in [3.05, 3.63) is 47.5 Å². The molecular weight excluding hydrogens is 230 g/mol. The Kier molecular flexibility index (Phi) is 3.62. The number of aromatic nitrogens is 2. The molecule has 5 nitrogen and oxygen atoms in total. The van der Waals surface area contributed by atoms with E-state index in [9.17, 15) is 9.90 Å². The van der Waals surface area contributed by atoms with Crippen molar-refractivity contribution in [1.82, 2.24) is 15.3 Å². The summed E-state index contributed by atoms with van der Waals surface area (Å²) >= 11 is 0. The Morgan fingerprint density at radius 2 is 2.33 bits per heavy atom. The lowest BCUT2D eigenvalue weighted by molar-refractivity contribution is 0.0953. The van der Waals surface area contributed by atoms with E-state index in [0.29, 0.717) is 18.5 Å². The molecule has 0 atom stereocenters. The normalized spacial score (nSPS) is 10.3. The Morgan fingerprint density at radius 3 is 3.00 bits per heavy atom. The van der Waals surface area contributed by atoms with Crippen molar-refractivity contribution in [1.29, 1.82) is 0 Å². The summed E-state index contributed by atoms with van der Waals surface area (Å²) in [5, 5.41) is 12.1. The van der Waals surface area contributed by atoms with Gasteiger partial charge in [0.25, 0.3) is 5.91 Å². The molecule has 0 aliphatic carbocycles. The molecule has 0 saturated carbocycles. The van der Waals surface area contributed by atoms with Gasteiger partial charge in [-0.1, -0.05) is 0 Å². The zero-order valence-electron chi connectivity index (χ0n) is 10.1. The van der Waals surface area contributed by atoms with Gasteiger partial charge in [-0.2, -0.15) is 0 Å². The molecule has 0 radical (unpaired) electrons. The molecule has 1 heterocycles. The molecule has 2 rings (SSSR count). The Bertz CT molecular complexity index is 535. The Morgan fingerprint density at radius 1 is 1.50 bits per heavy atom. The van der Waals surface area contributed by atoms with E-state index in [2.05, 4.69) is 15.3 Å². The van der Waals surface area contributed by atoms with Crippen LogP contribution in [0.25, 0.3) is 0 Å². The molecule has 0 saturated heterocycles. The van der Waals surface area contributed by atoms with Gasteiger partial charge in [0.2, 0.25) is 0 Å². The van der Waals surface area contributed by atoms with Crippen LogP contribution in [-0.4, -0.2) is 27.5 Å². The van der Waals surface area contributed by atoms with Gasteiger partial charge in [0.05, 0.1) is 6.33 Å². The third kappa shape index (κ3) is 2.88. The molecule has 0 unspecified atom stereocenters. The molecule has 3 N–H and O–H groups in total. The van der Waals surface area contributed by atoms with Crippen molar-refractivity contribution in [3.63, 3.8) is 0 Å². The number of aromatic hydroxyl groups is 1. The number of rotatable bonds is 4. The molecule has 94 valence electrons. The maximum absolute atomic E-state index is 11.9. The molecule has 2 aromatic rings. The number of aromatic amines is 1. The highest BCUT2D eigenvalue weighted by atomic mass is 16.3. The van der Waals surface area contributed by atoms with Crippen molar-refractivity contribution in [3.8, 4) is 5.75 Å². The molecule has 0 bridgehead atoms. The second kappa shape index (κ2) is 5.35. The first-order valence-electron chi connectivity index (χ1n) is 5.72. The summed E-state index contributed by atoms with van der Waals surface area (Å²) in [7, 11) is 0. The Hall–Kier alpha value is -2.30.